The summed E-state index contributed by atoms with van der Waals surface area (Å²) in [6, 6.07) is 16.1. The van der Waals surface area contributed by atoms with Gasteiger partial charge in [0, 0.05) is 17.9 Å². The van der Waals surface area contributed by atoms with Crippen molar-refractivity contribution in [3.63, 3.8) is 0 Å². The minimum atomic E-state index is -0.787. The Balaban J connectivity index is 1.74. The molecule has 160 valence electrons. The number of nitrogens with zero attached hydrogens (tertiary/aromatic N) is 2. The van der Waals surface area contributed by atoms with Gasteiger partial charge in [-0.15, -0.1) is 0 Å². The Kier molecular flexibility index (Phi) is 6.62. The molecular weight excluding hydrogens is 382 g/mol. The van der Waals surface area contributed by atoms with Crippen molar-refractivity contribution in [1.82, 2.24) is 4.90 Å². The number of nitrogens with one attached hydrogen (secondary N) is 1. The summed E-state index contributed by atoms with van der Waals surface area (Å²) < 4.78 is 4.98. The lowest BCUT2D eigenvalue weighted by Crippen LogP contribution is -2.42. The van der Waals surface area contributed by atoms with Crippen molar-refractivity contribution in [2.45, 2.75) is 26.9 Å². The van der Waals surface area contributed by atoms with E-state index in [4.69, 9.17) is 4.74 Å². The number of ether oxygens (including phenoxy) is 1. The molecule has 1 aliphatic heterocycles. The molecular formula is C23H29N3O4. The fourth-order valence-corrected chi connectivity index (χ4v) is 3.36. The summed E-state index contributed by atoms with van der Waals surface area (Å²) in [5, 5.41) is 13.5. The Labute approximate surface area is 177 Å². The number of hydrogen-bond acceptors (Lipinski definition) is 4. The third-order valence-corrected chi connectivity index (χ3v) is 4.70. The highest BCUT2D eigenvalue weighted by atomic mass is 16.6. The molecule has 2 aromatic carbocycles. The maximum absolute atomic E-state index is 13.1. The van der Waals surface area contributed by atoms with Gasteiger partial charge < -0.3 is 20.1 Å². The summed E-state index contributed by atoms with van der Waals surface area (Å²) in [7, 11) is 0. The van der Waals surface area contributed by atoms with Gasteiger partial charge in [0.2, 0.25) is 0 Å². The SMILES string of the molecule is CC(C)(C)CN(C[C@H](O)c1ccccc1)C(=O)Nc1cccc(N2CCOC2=O)c1. The van der Waals surface area contributed by atoms with E-state index in [-0.39, 0.29) is 24.1 Å². The zero-order chi connectivity index (χ0) is 21.7. The third kappa shape index (κ3) is 5.73. The zero-order valence-electron chi connectivity index (χ0n) is 17.7. The van der Waals surface area contributed by atoms with Crippen molar-refractivity contribution < 1.29 is 19.4 Å². The van der Waals surface area contributed by atoms with E-state index in [2.05, 4.69) is 5.32 Å². The molecule has 0 aliphatic carbocycles. The van der Waals surface area contributed by atoms with E-state index in [0.717, 1.165) is 5.56 Å². The average Bonchev–Trinajstić information content (AvgIpc) is 3.13. The number of aliphatic hydroxyl groups is 1. The Morgan fingerprint density at radius 1 is 1.20 bits per heavy atom. The number of carbonyl (C=O) groups excluding carboxylic acids is 2. The maximum Gasteiger partial charge on any atom is 0.414 e. The molecule has 0 unspecified atom stereocenters. The van der Waals surface area contributed by atoms with Gasteiger partial charge in [-0.3, -0.25) is 4.90 Å². The lowest BCUT2D eigenvalue weighted by Gasteiger charge is -2.32. The Hall–Kier alpha value is -3.06. The highest BCUT2D eigenvalue weighted by molar-refractivity contribution is 5.93. The molecule has 3 amide bonds. The van der Waals surface area contributed by atoms with Gasteiger partial charge in [0.05, 0.1) is 19.2 Å². The monoisotopic (exact) mass is 411 g/mol. The summed E-state index contributed by atoms with van der Waals surface area (Å²) in [6.45, 7) is 7.61. The summed E-state index contributed by atoms with van der Waals surface area (Å²) in [5.74, 6) is 0. The third-order valence-electron chi connectivity index (χ3n) is 4.70. The normalized spacial score (nSPS) is 14.9. The van der Waals surface area contributed by atoms with Gasteiger partial charge in [-0.05, 0) is 29.2 Å². The van der Waals surface area contributed by atoms with E-state index < -0.39 is 6.10 Å². The summed E-state index contributed by atoms with van der Waals surface area (Å²) >= 11 is 0. The second-order valence-corrected chi connectivity index (χ2v) is 8.61. The number of benzene rings is 2. The average molecular weight is 412 g/mol. The molecule has 0 saturated carbocycles. The second-order valence-electron chi connectivity index (χ2n) is 8.61. The number of anilines is 2. The molecule has 2 aromatic rings. The van der Waals surface area contributed by atoms with Gasteiger partial charge in [0.1, 0.15) is 6.61 Å². The summed E-state index contributed by atoms with van der Waals surface area (Å²) in [6.07, 6.45) is -1.18. The molecule has 0 radical (unpaired) electrons. The van der Waals surface area contributed by atoms with E-state index >= 15 is 0 Å². The topological polar surface area (TPSA) is 82.1 Å². The first kappa shape index (κ1) is 21.6. The Morgan fingerprint density at radius 3 is 2.57 bits per heavy atom. The summed E-state index contributed by atoms with van der Waals surface area (Å²) in [4.78, 5) is 28.0. The number of carbonyl (C=O) groups is 2. The van der Waals surface area contributed by atoms with Crippen molar-refractivity contribution in [2.75, 3.05) is 36.5 Å². The Bertz CT molecular complexity index is 880. The van der Waals surface area contributed by atoms with Crippen LogP contribution in [-0.4, -0.2) is 48.4 Å². The highest BCUT2D eigenvalue weighted by Gasteiger charge is 2.26. The number of hydrogen-bond donors (Lipinski definition) is 2. The molecule has 0 spiro atoms. The van der Waals surface area contributed by atoms with Gasteiger partial charge in [-0.2, -0.15) is 0 Å². The first-order valence-corrected chi connectivity index (χ1v) is 10.1. The fraction of sp³-hybridized carbons (Fsp3) is 0.391. The number of rotatable bonds is 6. The van der Waals surface area contributed by atoms with Gasteiger partial charge in [-0.25, -0.2) is 9.59 Å². The summed E-state index contributed by atoms with van der Waals surface area (Å²) in [5.41, 5.74) is 1.86. The lowest BCUT2D eigenvalue weighted by atomic mass is 9.95. The molecule has 2 N–H and O–H groups in total. The van der Waals surface area contributed by atoms with Crippen LogP contribution in [0.4, 0.5) is 21.0 Å². The van der Waals surface area contributed by atoms with Gasteiger partial charge in [0.25, 0.3) is 0 Å². The molecule has 30 heavy (non-hydrogen) atoms. The minimum Gasteiger partial charge on any atom is -0.447 e. The molecule has 0 aromatic heterocycles. The predicted molar refractivity (Wildman–Crippen MR) is 117 cm³/mol. The standard InChI is InChI=1S/C23H29N3O4/c1-23(2,3)16-25(15-20(27)17-8-5-4-6-9-17)21(28)24-18-10-7-11-19(14-18)26-12-13-30-22(26)29/h4-11,14,20,27H,12-13,15-16H2,1-3H3,(H,24,28)/t20-/m0/s1. The first-order valence-electron chi connectivity index (χ1n) is 10.1. The van der Waals surface area contributed by atoms with Crippen molar-refractivity contribution in [3.05, 3.63) is 60.2 Å². The van der Waals surface area contributed by atoms with Crippen LogP contribution >= 0.6 is 0 Å². The van der Waals surface area contributed by atoms with Crippen LogP contribution in [-0.2, 0) is 4.74 Å². The van der Waals surface area contributed by atoms with Crippen LogP contribution in [0, 0.1) is 5.41 Å². The number of cyclic esters (lactones) is 1. The van der Waals surface area contributed by atoms with Crippen LogP contribution in [0.3, 0.4) is 0 Å². The molecule has 0 bridgehead atoms. The van der Waals surface area contributed by atoms with Crippen molar-refractivity contribution in [2.24, 2.45) is 5.41 Å². The minimum absolute atomic E-state index is 0.144. The van der Waals surface area contributed by atoms with Gasteiger partial charge in [-0.1, -0.05) is 57.2 Å². The fourth-order valence-electron chi connectivity index (χ4n) is 3.36. The van der Waals surface area contributed by atoms with Crippen LogP contribution < -0.4 is 10.2 Å². The van der Waals surface area contributed by atoms with E-state index in [9.17, 15) is 14.7 Å². The molecule has 1 fully saturated rings. The predicted octanol–water partition coefficient (Wildman–Crippen LogP) is 4.26. The maximum atomic E-state index is 13.1. The smallest absolute Gasteiger partial charge is 0.414 e. The van der Waals surface area contributed by atoms with Crippen LogP contribution in [0.2, 0.25) is 0 Å². The van der Waals surface area contributed by atoms with E-state index in [1.807, 2.05) is 51.1 Å². The zero-order valence-corrected chi connectivity index (χ0v) is 17.7. The second kappa shape index (κ2) is 9.17. The molecule has 7 nitrogen and oxygen atoms in total. The van der Waals surface area contributed by atoms with Crippen LogP contribution in [0.1, 0.15) is 32.4 Å². The van der Waals surface area contributed by atoms with E-state index in [1.54, 1.807) is 29.2 Å². The number of amides is 3. The first-order chi connectivity index (χ1) is 14.2. The lowest BCUT2D eigenvalue weighted by molar-refractivity contribution is 0.110. The number of aliphatic hydroxyl groups excluding tert-OH is 1. The highest BCUT2D eigenvalue weighted by Crippen LogP contribution is 2.24. The number of urea groups is 1. The van der Waals surface area contributed by atoms with E-state index in [1.165, 1.54) is 4.90 Å². The van der Waals surface area contributed by atoms with Crippen molar-refractivity contribution in [1.29, 1.82) is 0 Å². The van der Waals surface area contributed by atoms with Crippen LogP contribution in [0.5, 0.6) is 0 Å². The van der Waals surface area contributed by atoms with Gasteiger partial charge >= 0.3 is 12.1 Å². The molecule has 1 atom stereocenters. The van der Waals surface area contributed by atoms with E-state index in [0.29, 0.717) is 31.1 Å². The molecule has 1 aliphatic rings. The van der Waals surface area contributed by atoms with Crippen molar-refractivity contribution in [3.8, 4) is 0 Å². The Morgan fingerprint density at radius 2 is 1.93 bits per heavy atom. The quantitative estimate of drug-likeness (QED) is 0.744. The molecule has 7 heteroatoms. The van der Waals surface area contributed by atoms with Crippen molar-refractivity contribution >= 4 is 23.5 Å². The molecule has 1 heterocycles. The largest absolute Gasteiger partial charge is 0.447 e. The van der Waals surface area contributed by atoms with Gasteiger partial charge in [0.15, 0.2) is 0 Å². The van der Waals surface area contributed by atoms with Crippen LogP contribution in [0.15, 0.2) is 54.6 Å². The molecule has 1 saturated heterocycles. The van der Waals surface area contributed by atoms with Crippen LogP contribution in [0.25, 0.3) is 0 Å². The molecule has 3 rings (SSSR count).